The first-order chi connectivity index (χ1) is 8.15. The van der Waals surface area contributed by atoms with Gasteiger partial charge in [-0.3, -0.25) is 9.78 Å². The summed E-state index contributed by atoms with van der Waals surface area (Å²) in [6, 6.07) is 5.17. The van der Waals surface area contributed by atoms with Crippen LogP contribution in [0.2, 0.25) is 0 Å². The van der Waals surface area contributed by atoms with Gasteiger partial charge in [-0.25, -0.2) is 0 Å². The highest BCUT2D eigenvalue weighted by Gasteiger charge is 2.04. The lowest BCUT2D eigenvalue weighted by Crippen LogP contribution is -2.13. The van der Waals surface area contributed by atoms with Gasteiger partial charge in [0.1, 0.15) is 5.69 Å². The molecule has 1 amide bonds. The Bertz CT molecular complexity index is 536. The third-order valence-corrected chi connectivity index (χ3v) is 2.16. The number of nitrogens with zero attached hydrogens (tertiary/aromatic N) is 2. The van der Waals surface area contributed by atoms with Crippen molar-refractivity contribution in [2.75, 3.05) is 5.32 Å². The van der Waals surface area contributed by atoms with E-state index >= 15 is 0 Å². The van der Waals surface area contributed by atoms with Crippen LogP contribution in [0.5, 0.6) is 0 Å². The smallest absolute Gasteiger partial charge is 0.267 e. The van der Waals surface area contributed by atoms with Gasteiger partial charge in [0.2, 0.25) is 0 Å². The Morgan fingerprint density at radius 3 is 3.00 bits per heavy atom. The Morgan fingerprint density at radius 1 is 1.53 bits per heavy atom. The zero-order chi connectivity index (χ0) is 12.3. The van der Waals surface area contributed by atoms with Crippen LogP contribution in [0.15, 0.2) is 28.9 Å². The summed E-state index contributed by atoms with van der Waals surface area (Å²) in [5, 5.41) is 6.86. The van der Waals surface area contributed by atoms with Crippen LogP contribution in [-0.2, 0) is 6.54 Å². The highest BCUT2D eigenvalue weighted by atomic mass is 16.5. The molecule has 2 aromatic rings. The lowest BCUT2D eigenvalue weighted by molar-refractivity contribution is 0.0995. The molecule has 0 atom stereocenters. The Balaban J connectivity index is 2.04. The van der Waals surface area contributed by atoms with Crippen molar-refractivity contribution >= 4 is 11.6 Å². The summed E-state index contributed by atoms with van der Waals surface area (Å²) in [5.41, 5.74) is 6.94. The molecule has 2 heterocycles. The number of nitrogens with one attached hydrogen (secondary N) is 1. The van der Waals surface area contributed by atoms with Crippen LogP contribution in [0, 0.1) is 6.92 Å². The summed E-state index contributed by atoms with van der Waals surface area (Å²) in [5.74, 6) is 0.170. The average Bonchev–Trinajstić information content (AvgIpc) is 2.73. The van der Waals surface area contributed by atoms with Crippen LogP contribution in [-0.4, -0.2) is 16.0 Å². The molecule has 0 unspecified atom stereocenters. The molecule has 0 aliphatic carbocycles. The quantitative estimate of drug-likeness (QED) is 0.822. The van der Waals surface area contributed by atoms with E-state index in [9.17, 15) is 4.79 Å². The van der Waals surface area contributed by atoms with Gasteiger partial charge in [0.25, 0.3) is 5.91 Å². The summed E-state index contributed by atoms with van der Waals surface area (Å²) < 4.78 is 5.04. The fourth-order valence-corrected chi connectivity index (χ4v) is 1.36. The first-order valence-corrected chi connectivity index (χ1v) is 5.07. The normalized spacial score (nSPS) is 10.2. The maximum Gasteiger partial charge on any atom is 0.267 e. The van der Waals surface area contributed by atoms with Gasteiger partial charge in [-0.05, 0) is 19.1 Å². The van der Waals surface area contributed by atoms with Crippen LogP contribution in [0.1, 0.15) is 21.9 Å². The first kappa shape index (κ1) is 11.1. The largest absolute Gasteiger partial charge is 0.378 e. The number of aryl methyl sites for hydroxylation is 1. The topological polar surface area (TPSA) is 94.0 Å². The summed E-state index contributed by atoms with van der Waals surface area (Å²) >= 11 is 0. The van der Waals surface area contributed by atoms with Crippen molar-refractivity contribution in [3.63, 3.8) is 0 Å². The van der Waals surface area contributed by atoms with Gasteiger partial charge in [-0.1, -0.05) is 5.16 Å². The number of primary amides is 1. The molecule has 88 valence electrons. The molecule has 3 N–H and O–H groups in total. The number of hydrogen-bond acceptors (Lipinski definition) is 5. The number of aromatic nitrogens is 2. The predicted molar refractivity (Wildman–Crippen MR) is 61.3 cm³/mol. The number of anilines is 1. The number of nitrogens with two attached hydrogens (primary N) is 1. The van der Waals surface area contributed by atoms with Crippen LogP contribution < -0.4 is 11.1 Å². The van der Waals surface area contributed by atoms with Crippen molar-refractivity contribution in [2.24, 2.45) is 5.73 Å². The molecule has 0 radical (unpaired) electrons. The maximum absolute atomic E-state index is 10.9. The molecule has 2 rings (SSSR count). The van der Waals surface area contributed by atoms with Crippen molar-refractivity contribution in [2.45, 2.75) is 13.5 Å². The zero-order valence-corrected chi connectivity index (χ0v) is 9.30. The molecule has 0 saturated carbocycles. The molecular formula is C11H12N4O2. The van der Waals surface area contributed by atoms with Gasteiger partial charge in [0.05, 0.1) is 12.2 Å². The van der Waals surface area contributed by atoms with Crippen LogP contribution >= 0.6 is 0 Å². The second kappa shape index (κ2) is 4.65. The number of pyridine rings is 1. The second-order valence-corrected chi connectivity index (χ2v) is 3.58. The SMILES string of the molecule is Cc1cc(CNc2ccnc(C(N)=O)c2)on1. The highest BCUT2D eigenvalue weighted by molar-refractivity contribution is 5.91. The Kier molecular flexibility index (Phi) is 3.04. The van der Waals surface area contributed by atoms with E-state index in [2.05, 4.69) is 15.5 Å². The third kappa shape index (κ3) is 2.81. The first-order valence-electron chi connectivity index (χ1n) is 5.07. The van der Waals surface area contributed by atoms with Crippen molar-refractivity contribution < 1.29 is 9.32 Å². The minimum atomic E-state index is -0.552. The second-order valence-electron chi connectivity index (χ2n) is 3.58. The summed E-state index contributed by atoms with van der Waals surface area (Å²) in [7, 11) is 0. The van der Waals surface area contributed by atoms with Gasteiger partial charge < -0.3 is 15.6 Å². The lowest BCUT2D eigenvalue weighted by Gasteiger charge is -2.04. The number of carbonyl (C=O) groups excluding carboxylic acids is 1. The number of rotatable bonds is 4. The molecule has 0 aromatic carbocycles. The molecule has 0 spiro atoms. The fourth-order valence-electron chi connectivity index (χ4n) is 1.36. The lowest BCUT2D eigenvalue weighted by atomic mass is 10.3. The summed E-state index contributed by atoms with van der Waals surface area (Å²) in [6.45, 7) is 2.34. The van der Waals surface area contributed by atoms with E-state index in [0.29, 0.717) is 6.54 Å². The molecular weight excluding hydrogens is 220 g/mol. The van der Waals surface area contributed by atoms with Gasteiger partial charge in [0.15, 0.2) is 5.76 Å². The average molecular weight is 232 g/mol. The van der Waals surface area contributed by atoms with Crippen LogP contribution in [0.25, 0.3) is 0 Å². The Labute approximate surface area is 97.8 Å². The number of hydrogen-bond donors (Lipinski definition) is 2. The van der Waals surface area contributed by atoms with Gasteiger partial charge >= 0.3 is 0 Å². The van der Waals surface area contributed by atoms with E-state index in [1.807, 2.05) is 13.0 Å². The number of carbonyl (C=O) groups is 1. The molecule has 0 aliphatic rings. The van der Waals surface area contributed by atoms with E-state index in [1.165, 1.54) is 6.20 Å². The van der Waals surface area contributed by atoms with E-state index in [0.717, 1.165) is 17.1 Å². The molecule has 0 bridgehead atoms. The van der Waals surface area contributed by atoms with Crippen molar-refractivity contribution in [3.05, 3.63) is 41.5 Å². The Hall–Kier alpha value is -2.37. The van der Waals surface area contributed by atoms with Crippen LogP contribution in [0.4, 0.5) is 5.69 Å². The Morgan fingerprint density at radius 2 is 2.35 bits per heavy atom. The van der Waals surface area contributed by atoms with E-state index in [1.54, 1.807) is 12.1 Å². The van der Waals surface area contributed by atoms with Crippen molar-refractivity contribution in [3.8, 4) is 0 Å². The number of amides is 1. The minimum Gasteiger partial charge on any atom is -0.378 e. The summed E-state index contributed by atoms with van der Waals surface area (Å²) in [4.78, 5) is 14.8. The van der Waals surface area contributed by atoms with Gasteiger partial charge in [-0.15, -0.1) is 0 Å². The van der Waals surface area contributed by atoms with Crippen molar-refractivity contribution in [1.82, 2.24) is 10.1 Å². The third-order valence-electron chi connectivity index (χ3n) is 2.16. The maximum atomic E-state index is 10.9. The highest BCUT2D eigenvalue weighted by Crippen LogP contribution is 2.10. The molecule has 6 heteroatoms. The molecule has 0 saturated heterocycles. The zero-order valence-electron chi connectivity index (χ0n) is 9.30. The molecule has 6 nitrogen and oxygen atoms in total. The molecule has 0 aliphatic heterocycles. The van der Waals surface area contributed by atoms with Crippen molar-refractivity contribution in [1.29, 1.82) is 0 Å². The standard InChI is InChI=1S/C11H12N4O2/c1-7-4-9(17-15-7)6-14-8-2-3-13-10(5-8)11(12)16/h2-5H,6H2,1H3,(H2,12,16)(H,13,14). The van der Waals surface area contributed by atoms with Crippen LogP contribution in [0.3, 0.4) is 0 Å². The van der Waals surface area contributed by atoms with E-state index in [-0.39, 0.29) is 5.69 Å². The predicted octanol–water partition coefficient (Wildman–Crippen LogP) is 1.09. The summed E-state index contributed by atoms with van der Waals surface area (Å²) in [6.07, 6.45) is 1.52. The van der Waals surface area contributed by atoms with Gasteiger partial charge in [0, 0.05) is 18.0 Å². The molecule has 0 fully saturated rings. The molecule has 2 aromatic heterocycles. The minimum absolute atomic E-state index is 0.226. The van der Waals surface area contributed by atoms with E-state index < -0.39 is 5.91 Å². The fraction of sp³-hybridized carbons (Fsp3) is 0.182. The van der Waals surface area contributed by atoms with Gasteiger partial charge in [-0.2, -0.15) is 0 Å². The monoisotopic (exact) mass is 232 g/mol. The molecule has 17 heavy (non-hydrogen) atoms. The van der Waals surface area contributed by atoms with E-state index in [4.69, 9.17) is 10.3 Å².